The lowest BCUT2D eigenvalue weighted by Crippen LogP contribution is -2.24. The lowest BCUT2D eigenvalue weighted by molar-refractivity contribution is 0.474. The molecule has 2 N–H and O–H groups in total. The summed E-state index contributed by atoms with van der Waals surface area (Å²) in [5.74, 6) is 0.304. The second-order valence-corrected chi connectivity index (χ2v) is 5.37. The van der Waals surface area contributed by atoms with E-state index in [0.717, 1.165) is 24.4 Å². The Kier molecular flexibility index (Phi) is 5.45. The molecule has 1 unspecified atom stereocenters. The van der Waals surface area contributed by atoms with Gasteiger partial charge in [0.15, 0.2) is 0 Å². The quantitative estimate of drug-likeness (QED) is 0.829. The smallest absolute Gasteiger partial charge is 0.115 e. The highest BCUT2D eigenvalue weighted by Crippen LogP contribution is 2.21. The van der Waals surface area contributed by atoms with Gasteiger partial charge < -0.3 is 10.4 Å². The molecule has 0 aliphatic heterocycles. The summed E-state index contributed by atoms with van der Waals surface area (Å²) in [5, 5.41) is 13.7. The Balaban J connectivity index is 2.14. The third-order valence-corrected chi connectivity index (χ3v) is 3.54. The molecule has 0 aliphatic rings. The standard InChI is InChI=1S/C17H20ClNO/c1-2-11-19-17(14-5-7-15(18)8-6-14)12-13-3-9-16(20)10-4-13/h3-10,17,19-20H,2,11-12H2,1H3. The van der Waals surface area contributed by atoms with Gasteiger partial charge in [0.1, 0.15) is 5.75 Å². The second kappa shape index (κ2) is 7.32. The minimum atomic E-state index is 0.261. The van der Waals surface area contributed by atoms with Crippen LogP contribution in [0.1, 0.15) is 30.5 Å². The molecule has 2 aromatic rings. The third kappa shape index (κ3) is 4.26. The molecule has 2 nitrogen and oxygen atoms in total. The monoisotopic (exact) mass is 289 g/mol. The van der Waals surface area contributed by atoms with Crippen molar-refractivity contribution in [2.75, 3.05) is 6.54 Å². The Hall–Kier alpha value is -1.51. The van der Waals surface area contributed by atoms with Crippen LogP contribution < -0.4 is 5.32 Å². The van der Waals surface area contributed by atoms with E-state index in [4.69, 9.17) is 11.6 Å². The molecule has 0 heterocycles. The molecule has 0 amide bonds. The van der Waals surface area contributed by atoms with Crippen LogP contribution in [-0.4, -0.2) is 11.7 Å². The zero-order valence-corrected chi connectivity index (χ0v) is 12.4. The van der Waals surface area contributed by atoms with Crippen molar-refractivity contribution in [3.8, 4) is 5.75 Å². The molecule has 0 aliphatic carbocycles. The van der Waals surface area contributed by atoms with Crippen LogP contribution >= 0.6 is 11.6 Å². The summed E-state index contributed by atoms with van der Waals surface area (Å²) in [6, 6.07) is 15.6. The van der Waals surface area contributed by atoms with Crippen molar-refractivity contribution in [1.29, 1.82) is 0 Å². The first-order chi connectivity index (χ1) is 9.69. The number of hydrogen-bond acceptors (Lipinski definition) is 2. The molecule has 3 heteroatoms. The van der Waals surface area contributed by atoms with Crippen molar-refractivity contribution >= 4 is 11.6 Å². The number of aromatic hydroxyl groups is 1. The number of hydrogen-bond donors (Lipinski definition) is 2. The first kappa shape index (κ1) is 14.9. The molecule has 0 aromatic heterocycles. The van der Waals surface area contributed by atoms with E-state index < -0.39 is 0 Å². The fourth-order valence-electron chi connectivity index (χ4n) is 2.19. The molecular formula is C17H20ClNO. The first-order valence-corrected chi connectivity index (χ1v) is 7.33. The Morgan fingerprint density at radius 1 is 1.05 bits per heavy atom. The summed E-state index contributed by atoms with van der Waals surface area (Å²) in [7, 11) is 0. The first-order valence-electron chi connectivity index (χ1n) is 6.96. The molecule has 0 bridgehead atoms. The Bertz CT molecular complexity index is 522. The van der Waals surface area contributed by atoms with Crippen molar-refractivity contribution in [3.05, 3.63) is 64.7 Å². The van der Waals surface area contributed by atoms with Gasteiger partial charge in [-0.05, 0) is 54.8 Å². The SMILES string of the molecule is CCCNC(Cc1ccc(O)cc1)c1ccc(Cl)cc1. The van der Waals surface area contributed by atoms with Gasteiger partial charge in [0.25, 0.3) is 0 Å². The summed E-state index contributed by atoms with van der Waals surface area (Å²) >= 11 is 5.95. The van der Waals surface area contributed by atoms with E-state index in [-0.39, 0.29) is 6.04 Å². The summed E-state index contributed by atoms with van der Waals surface area (Å²) in [4.78, 5) is 0. The molecule has 0 fully saturated rings. The van der Waals surface area contributed by atoms with Crippen LogP contribution in [0.2, 0.25) is 5.02 Å². The number of phenols is 1. The highest BCUT2D eigenvalue weighted by molar-refractivity contribution is 6.30. The average molecular weight is 290 g/mol. The molecule has 1 atom stereocenters. The Morgan fingerprint density at radius 3 is 2.30 bits per heavy atom. The molecule has 0 saturated heterocycles. The Labute approximate surface area is 125 Å². The van der Waals surface area contributed by atoms with E-state index in [2.05, 4.69) is 24.4 Å². The molecule has 0 spiro atoms. The van der Waals surface area contributed by atoms with Crippen molar-refractivity contribution in [2.45, 2.75) is 25.8 Å². The predicted molar refractivity (Wildman–Crippen MR) is 84.3 cm³/mol. The van der Waals surface area contributed by atoms with E-state index in [1.807, 2.05) is 24.3 Å². The van der Waals surface area contributed by atoms with Crippen LogP contribution in [0.5, 0.6) is 5.75 Å². The van der Waals surface area contributed by atoms with Gasteiger partial charge in [0, 0.05) is 11.1 Å². The van der Waals surface area contributed by atoms with Crippen molar-refractivity contribution in [2.24, 2.45) is 0 Å². The van der Waals surface area contributed by atoms with Crippen LogP contribution in [0.4, 0.5) is 0 Å². The van der Waals surface area contributed by atoms with E-state index >= 15 is 0 Å². The van der Waals surface area contributed by atoms with Crippen molar-refractivity contribution in [3.63, 3.8) is 0 Å². The highest BCUT2D eigenvalue weighted by Gasteiger charge is 2.11. The van der Waals surface area contributed by atoms with E-state index in [9.17, 15) is 5.11 Å². The van der Waals surface area contributed by atoms with Gasteiger partial charge in [0.2, 0.25) is 0 Å². The van der Waals surface area contributed by atoms with E-state index in [0.29, 0.717) is 5.75 Å². The topological polar surface area (TPSA) is 32.3 Å². The van der Waals surface area contributed by atoms with Crippen LogP contribution in [0.15, 0.2) is 48.5 Å². The Morgan fingerprint density at radius 2 is 1.70 bits per heavy atom. The van der Waals surface area contributed by atoms with Crippen LogP contribution in [0.3, 0.4) is 0 Å². The van der Waals surface area contributed by atoms with Crippen molar-refractivity contribution in [1.82, 2.24) is 5.32 Å². The average Bonchev–Trinajstić information content (AvgIpc) is 2.46. The molecule has 2 rings (SSSR count). The largest absolute Gasteiger partial charge is 0.508 e. The lowest BCUT2D eigenvalue weighted by Gasteiger charge is -2.19. The van der Waals surface area contributed by atoms with E-state index in [1.54, 1.807) is 12.1 Å². The summed E-state index contributed by atoms with van der Waals surface area (Å²) in [5.41, 5.74) is 2.43. The number of phenolic OH excluding ortho intramolecular Hbond substituents is 1. The summed E-state index contributed by atoms with van der Waals surface area (Å²) in [6.07, 6.45) is 1.99. The van der Waals surface area contributed by atoms with Gasteiger partial charge in [-0.15, -0.1) is 0 Å². The van der Waals surface area contributed by atoms with Crippen LogP contribution in [-0.2, 0) is 6.42 Å². The maximum atomic E-state index is 9.35. The maximum absolute atomic E-state index is 9.35. The molecule has 20 heavy (non-hydrogen) atoms. The van der Waals surface area contributed by atoms with Gasteiger partial charge in [-0.3, -0.25) is 0 Å². The van der Waals surface area contributed by atoms with Gasteiger partial charge in [0.05, 0.1) is 0 Å². The van der Waals surface area contributed by atoms with E-state index in [1.165, 1.54) is 11.1 Å². The van der Waals surface area contributed by atoms with Gasteiger partial charge in [-0.25, -0.2) is 0 Å². The highest BCUT2D eigenvalue weighted by atomic mass is 35.5. The third-order valence-electron chi connectivity index (χ3n) is 3.29. The molecular weight excluding hydrogens is 270 g/mol. The fraction of sp³-hybridized carbons (Fsp3) is 0.294. The molecule has 0 radical (unpaired) electrons. The normalized spacial score (nSPS) is 12.3. The molecule has 2 aromatic carbocycles. The second-order valence-electron chi connectivity index (χ2n) is 4.93. The minimum absolute atomic E-state index is 0.261. The van der Waals surface area contributed by atoms with Gasteiger partial charge >= 0.3 is 0 Å². The zero-order valence-electron chi connectivity index (χ0n) is 11.6. The maximum Gasteiger partial charge on any atom is 0.115 e. The summed E-state index contributed by atoms with van der Waals surface area (Å²) in [6.45, 7) is 3.14. The summed E-state index contributed by atoms with van der Waals surface area (Å²) < 4.78 is 0. The van der Waals surface area contributed by atoms with Crippen molar-refractivity contribution < 1.29 is 5.11 Å². The minimum Gasteiger partial charge on any atom is -0.508 e. The number of halogens is 1. The van der Waals surface area contributed by atoms with Crippen LogP contribution in [0.25, 0.3) is 0 Å². The molecule has 106 valence electrons. The predicted octanol–water partition coefficient (Wildman–Crippen LogP) is 4.33. The van der Waals surface area contributed by atoms with Gasteiger partial charge in [-0.1, -0.05) is 42.8 Å². The number of rotatable bonds is 6. The number of nitrogens with one attached hydrogen (secondary N) is 1. The lowest BCUT2D eigenvalue weighted by atomic mass is 9.98. The van der Waals surface area contributed by atoms with Gasteiger partial charge in [-0.2, -0.15) is 0 Å². The molecule has 0 saturated carbocycles. The number of benzene rings is 2. The van der Waals surface area contributed by atoms with Crippen LogP contribution in [0, 0.1) is 0 Å². The zero-order chi connectivity index (χ0) is 14.4. The fourth-order valence-corrected chi connectivity index (χ4v) is 2.32.